The zero-order valence-corrected chi connectivity index (χ0v) is 10.0. The average Bonchev–Trinajstić information content (AvgIpc) is 2.17. The zero-order chi connectivity index (χ0) is 12.3. The Morgan fingerprint density at radius 1 is 1.19 bits per heavy atom. The van der Waals surface area contributed by atoms with Gasteiger partial charge in [-0.1, -0.05) is 38.1 Å². The highest BCUT2D eigenvalue weighted by Gasteiger charge is 2.32. The minimum absolute atomic E-state index is 0.481. The van der Waals surface area contributed by atoms with Crippen molar-refractivity contribution in [1.29, 1.82) is 0 Å². The highest BCUT2D eigenvalue weighted by molar-refractivity contribution is 5.28. The fourth-order valence-electron chi connectivity index (χ4n) is 1.60. The second-order valence-electron chi connectivity index (χ2n) is 4.88. The molecule has 1 aromatic rings. The van der Waals surface area contributed by atoms with E-state index in [0.29, 0.717) is 11.5 Å². The summed E-state index contributed by atoms with van der Waals surface area (Å²) in [4.78, 5) is 0. The molecular formula is C13H19F2N. The Morgan fingerprint density at radius 3 is 2.06 bits per heavy atom. The van der Waals surface area contributed by atoms with E-state index >= 15 is 0 Å². The molecular weight excluding hydrogens is 208 g/mol. The van der Waals surface area contributed by atoms with Gasteiger partial charge in [-0.15, -0.1) is 0 Å². The fraction of sp³-hybridized carbons (Fsp3) is 0.538. The summed E-state index contributed by atoms with van der Waals surface area (Å²) >= 11 is 0. The van der Waals surface area contributed by atoms with Crippen LogP contribution < -0.4 is 5.73 Å². The van der Waals surface area contributed by atoms with Gasteiger partial charge in [0.05, 0.1) is 5.54 Å². The molecule has 1 nitrogen and oxygen atoms in total. The van der Waals surface area contributed by atoms with E-state index in [-0.39, 0.29) is 0 Å². The smallest absolute Gasteiger partial charge is 0.260 e. The quantitative estimate of drug-likeness (QED) is 0.839. The average molecular weight is 227 g/mol. The highest BCUT2D eigenvalue weighted by Crippen LogP contribution is 2.25. The molecule has 0 saturated heterocycles. The van der Waals surface area contributed by atoms with Gasteiger partial charge in [-0.25, -0.2) is 8.78 Å². The Kier molecular flexibility index (Phi) is 4.03. The van der Waals surface area contributed by atoms with Crippen LogP contribution in [0.2, 0.25) is 0 Å². The number of hydrogen-bond acceptors (Lipinski definition) is 1. The lowest BCUT2D eigenvalue weighted by Gasteiger charge is -2.24. The fourth-order valence-corrected chi connectivity index (χ4v) is 1.60. The van der Waals surface area contributed by atoms with Crippen LogP contribution >= 0.6 is 0 Å². The molecule has 0 heterocycles. The highest BCUT2D eigenvalue weighted by atomic mass is 19.3. The zero-order valence-electron chi connectivity index (χ0n) is 10.0. The van der Waals surface area contributed by atoms with Crippen molar-refractivity contribution < 1.29 is 8.78 Å². The Bertz CT molecular complexity index is 328. The Balaban J connectivity index is 2.86. The first-order valence-electron chi connectivity index (χ1n) is 5.50. The molecule has 90 valence electrons. The molecule has 0 spiro atoms. The number of benzene rings is 1. The molecule has 2 N–H and O–H groups in total. The third-order valence-electron chi connectivity index (χ3n) is 2.67. The molecule has 0 aliphatic rings. The minimum Gasteiger partial charge on any atom is -0.317 e. The van der Waals surface area contributed by atoms with Crippen LogP contribution in [0.5, 0.6) is 0 Å². The molecule has 1 rings (SSSR count). The molecule has 0 saturated carbocycles. The van der Waals surface area contributed by atoms with Crippen LogP contribution in [0.25, 0.3) is 0 Å². The molecule has 1 unspecified atom stereocenters. The van der Waals surface area contributed by atoms with Crippen LogP contribution in [0.4, 0.5) is 8.78 Å². The largest absolute Gasteiger partial charge is 0.317 e. The Hall–Kier alpha value is -0.960. The summed E-state index contributed by atoms with van der Waals surface area (Å²) in [7, 11) is 0. The van der Waals surface area contributed by atoms with E-state index in [0.717, 1.165) is 12.0 Å². The maximum absolute atomic E-state index is 12.7. The van der Waals surface area contributed by atoms with E-state index in [2.05, 4.69) is 13.8 Å². The van der Waals surface area contributed by atoms with Gasteiger partial charge in [-0.3, -0.25) is 0 Å². The molecule has 0 fully saturated rings. The van der Waals surface area contributed by atoms with E-state index in [1.165, 1.54) is 6.92 Å². The summed E-state index contributed by atoms with van der Waals surface area (Å²) in [5.41, 5.74) is 5.66. The first kappa shape index (κ1) is 13.1. The topological polar surface area (TPSA) is 26.0 Å². The van der Waals surface area contributed by atoms with E-state index < -0.39 is 12.0 Å². The van der Waals surface area contributed by atoms with Crippen LogP contribution in [0.15, 0.2) is 24.3 Å². The van der Waals surface area contributed by atoms with Gasteiger partial charge in [0, 0.05) is 0 Å². The van der Waals surface area contributed by atoms with Gasteiger partial charge in [0.15, 0.2) is 0 Å². The van der Waals surface area contributed by atoms with Crippen molar-refractivity contribution in [3.63, 3.8) is 0 Å². The molecule has 0 amide bonds. The standard InChI is InChI=1S/C13H19F2N/c1-9(2)8-10-4-6-11(7-5-10)13(3,16)12(14)15/h4-7,9,12H,8,16H2,1-3H3. The van der Waals surface area contributed by atoms with Gasteiger partial charge in [-0.05, 0) is 30.4 Å². The molecule has 1 atom stereocenters. The molecule has 0 aliphatic carbocycles. The van der Waals surface area contributed by atoms with Crippen LogP contribution in [-0.2, 0) is 12.0 Å². The van der Waals surface area contributed by atoms with Gasteiger partial charge >= 0.3 is 0 Å². The van der Waals surface area contributed by atoms with Crippen LogP contribution in [-0.4, -0.2) is 6.43 Å². The number of rotatable bonds is 4. The molecule has 16 heavy (non-hydrogen) atoms. The van der Waals surface area contributed by atoms with E-state index in [1.54, 1.807) is 12.1 Å². The summed E-state index contributed by atoms with van der Waals surface area (Å²) in [5, 5.41) is 0. The maximum Gasteiger partial charge on any atom is 0.260 e. The summed E-state index contributed by atoms with van der Waals surface area (Å²) in [6, 6.07) is 7.15. The third-order valence-corrected chi connectivity index (χ3v) is 2.67. The van der Waals surface area contributed by atoms with Crippen LogP contribution in [0.3, 0.4) is 0 Å². The van der Waals surface area contributed by atoms with E-state index in [4.69, 9.17) is 5.73 Å². The normalized spacial score (nSPS) is 15.5. The number of alkyl halides is 2. The van der Waals surface area contributed by atoms with Gasteiger partial charge in [0.1, 0.15) is 0 Å². The monoisotopic (exact) mass is 227 g/mol. The second kappa shape index (κ2) is 4.91. The van der Waals surface area contributed by atoms with Gasteiger partial charge in [0.25, 0.3) is 6.43 Å². The van der Waals surface area contributed by atoms with Gasteiger partial charge in [-0.2, -0.15) is 0 Å². The Morgan fingerprint density at radius 2 is 1.69 bits per heavy atom. The number of nitrogens with two attached hydrogens (primary N) is 1. The lowest BCUT2D eigenvalue weighted by Crippen LogP contribution is -2.40. The predicted octanol–water partition coefficient (Wildman–Crippen LogP) is 3.32. The predicted molar refractivity (Wildman–Crippen MR) is 62.5 cm³/mol. The lowest BCUT2D eigenvalue weighted by molar-refractivity contribution is 0.0625. The van der Waals surface area contributed by atoms with Crippen molar-refractivity contribution in [2.24, 2.45) is 11.7 Å². The van der Waals surface area contributed by atoms with Crippen molar-refractivity contribution >= 4 is 0 Å². The van der Waals surface area contributed by atoms with Crippen molar-refractivity contribution in [1.82, 2.24) is 0 Å². The lowest BCUT2D eigenvalue weighted by atomic mass is 9.92. The van der Waals surface area contributed by atoms with Crippen molar-refractivity contribution in [3.8, 4) is 0 Å². The van der Waals surface area contributed by atoms with Gasteiger partial charge < -0.3 is 5.73 Å². The molecule has 0 bridgehead atoms. The first-order chi connectivity index (χ1) is 7.34. The van der Waals surface area contributed by atoms with Crippen molar-refractivity contribution in [2.75, 3.05) is 0 Å². The summed E-state index contributed by atoms with van der Waals surface area (Å²) < 4.78 is 25.4. The van der Waals surface area contributed by atoms with Crippen molar-refractivity contribution in [3.05, 3.63) is 35.4 Å². The first-order valence-corrected chi connectivity index (χ1v) is 5.50. The molecule has 3 heteroatoms. The molecule has 0 aromatic heterocycles. The van der Waals surface area contributed by atoms with E-state index in [9.17, 15) is 8.78 Å². The van der Waals surface area contributed by atoms with Crippen LogP contribution in [0.1, 0.15) is 31.9 Å². The van der Waals surface area contributed by atoms with Gasteiger partial charge in [0.2, 0.25) is 0 Å². The molecule has 0 radical (unpaired) electrons. The summed E-state index contributed by atoms with van der Waals surface area (Å²) in [6.07, 6.45) is -1.60. The van der Waals surface area contributed by atoms with Crippen LogP contribution in [0, 0.1) is 5.92 Å². The number of halogens is 2. The second-order valence-corrected chi connectivity index (χ2v) is 4.88. The SMILES string of the molecule is CC(C)Cc1ccc(C(C)(N)C(F)F)cc1. The molecule has 0 aliphatic heterocycles. The molecule has 1 aromatic carbocycles. The third kappa shape index (κ3) is 3.01. The maximum atomic E-state index is 12.7. The number of hydrogen-bond donors (Lipinski definition) is 1. The summed E-state index contributed by atoms with van der Waals surface area (Å²) in [5.74, 6) is 0.560. The van der Waals surface area contributed by atoms with Crippen molar-refractivity contribution in [2.45, 2.75) is 39.2 Å². The summed E-state index contributed by atoms with van der Waals surface area (Å²) in [6.45, 7) is 5.61. The Labute approximate surface area is 95.7 Å². The van der Waals surface area contributed by atoms with E-state index in [1.807, 2.05) is 12.1 Å². The minimum atomic E-state index is -2.55.